The van der Waals surface area contributed by atoms with Crippen molar-refractivity contribution in [2.45, 2.75) is 38.6 Å². The summed E-state index contributed by atoms with van der Waals surface area (Å²) in [5.41, 5.74) is 1.02. The first kappa shape index (κ1) is 28.8. The van der Waals surface area contributed by atoms with E-state index in [9.17, 15) is 18.0 Å². The van der Waals surface area contributed by atoms with Gasteiger partial charge >= 0.3 is 5.97 Å². The molecule has 3 aromatic rings. The zero-order valence-corrected chi connectivity index (χ0v) is 24.7. The van der Waals surface area contributed by atoms with Crippen LogP contribution in [0.1, 0.15) is 47.3 Å². The third kappa shape index (κ3) is 6.37. The first-order chi connectivity index (χ1) is 18.5. The van der Waals surface area contributed by atoms with E-state index >= 15 is 0 Å². The van der Waals surface area contributed by atoms with E-state index in [1.165, 1.54) is 9.21 Å². The van der Waals surface area contributed by atoms with Crippen molar-refractivity contribution in [3.63, 3.8) is 0 Å². The number of rotatable bonds is 7. The molecule has 0 N–H and O–H groups in total. The normalized spacial score (nSPS) is 16.4. The average Bonchev–Trinajstić information content (AvgIpc) is 2.91. The van der Waals surface area contributed by atoms with Crippen LogP contribution >= 0.6 is 15.9 Å². The molecule has 11 heteroatoms. The minimum absolute atomic E-state index is 0.0258. The number of piperazine rings is 1. The fraction of sp³-hybridized carbons (Fsp3) is 0.357. The van der Waals surface area contributed by atoms with Gasteiger partial charge in [0, 0.05) is 35.7 Å². The summed E-state index contributed by atoms with van der Waals surface area (Å²) < 4.78 is 34.2. The third-order valence-corrected chi connectivity index (χ3v) is 8.91. The summed E-state index contributed by atoms with van der Waals surface area (Å²) in [4.78, 5) is 37.7. The van der Waals surface area contributed by atoms with E-state index < -0.39 is 27.9 Å². The predicted molar refractivity (Wildman–Crippen MR) is 151 cm³/mol. The van der Waals surface area contributed by atoms with Gasteiger partial charge in [-0.25, -0.2) is 23.2 Å². The van der Waals surface area contributed by atoms with Gasteiger partial charge in [-0.3, -0.25) is 4.79 Å². The summed E-state index contributed by atoms with van der Waals surface area (Å²) >= 11 is 3.33. The highest BCUT2D eigenvalue weighted by Gasteiger charge is 2.37. The van der Waals surface area contributed by atoms with Crippen LogP contribution in [0, 0.1) is 12.8 Å². The van der Waals surface area contributed by atoms with E-state index in [4.69, 9.17) is 4.74 Å². The number of esters is 1. The summed E-state index contributed by atoms with van der Waals surface area (Å²) in [6, 6.07) is 15.2. The molecule has 1 saturated heterocycles. The fourth-order valence-electron chi connectivity index (χ4n) is 4.38. The van der Waals surface area contributed by atoms with Crippen molar-refractivity contribution in [1.82, 2.24) is 19.2 Å². The summed E-state index contributed by atoms with van der Waals surface area (Å²) in [6.07, 6.45) is 0. The Bertz CT molecular complexity index is 1460. The van der Waals surface area contributed by atoms with Crippen LogP contribution < -0.4 is 0 Å². The number of benzene rings is 2. The lowest BCUT2D eigenvalue weighted by atomic mass is 10.1. The molecule has 0 saturated carbocycles. The number of amides is 1. The van der Waals surface area contributed by atoms with Crippen LogP contribution in [-0.2, 0) is 14.8 Å². The number of carbonyl (C=O) groups is 2. The Morgan fingerprint density at radius 1 is 1.05 bits per heavy atom. The smallest absolute Gasteiger partial charge is 0.342 e. The van der Waals surface area contributed by atoms with Crippen LogP contribution in [0.25, 0.3) is 11.4 Å². The lowest BCUT2D eigenvalue weighted by Gasteiger charge is -2.39. The fourth-order valence-corrected chi connectivity index (χ4v) is 6.25. The molecule has 1 amide bonds. The van der Waals surface area contributed by atoms with Gasteiger partial charge in [-0.1, -0.05) is 60.1 Å². The van der Waals surface area contributed by atoms with Crippen LogP contribution in [0.5, 0.6) is 0 Å². The van der Waals surface area contributed by atoms with Gasteiger partial charge in [0.2, 0.25) is 10.0 Å². The number of nitrogens with zero attached hydrogens (tertiary/aromatic N) is 4. The molecule has 0 radical (unpaired) electrons. The monoisotopic (exact) mass is 614 g/mol. The molecule has 1 unspecified atom stereocenters. The third-order valence-electron chi connectivity index (χ3n) is 6.35. The summed E-state index contributed by atoms with van der Waals surface area (Å²) in [5, 5.41) is 0. The van der Waals surface area contributed by atoms with E-state index in [1.807, 2.05) is 44.2 Å². The molecule has 206 valence electrons. The molecule has 0 spiro atoms. The second-order valence-electron chi connectivity index (χ2n) is 9.88. The maximum Gasteiger partial charge on any atom is 0.342 e. The lowest BCUT2D eigenvalue weighted by molar-refractivity contribution is 0.0447. The minimum Gasteiger partial charge on any atom is -0.462 e. The standard InChI is InChI=1S/C28H31BrN4O5S/c1-18(2)17-38-28(35)24-20(4)30-26(21-8-6-5-7-9-21)31-25(24)27(34)32-14-15-33(19(3)16-32)39(36,37)23-12-10-22(29)11-13-23/h5-13,18-19H,14-17H2,1-4H3. The van der Waals surface area contributed by atoms with E-state index in [0.717, 1.165) is 4.47 Å². The first-order valence-corrected chi connectivity index (χ1v) is 14.9. The molecule has 39 heavy (non-hydrogen) atoms. The minimum atomic E-state index is -3.75. The van der Waals surface area contributed by atoms with Gasteiger partial charge in [-0.15, -0.1) is 0 Å². The molecule has 2 aromatic carbocycles. The molecular formula is C28H31BrN4O5S. The number of carbonyl (C=O) groups excluding carboxylic acids is 2. The molecule has 0 aliphatic carbocycles. The van der Waals surface area contributed by atoms with E-state index in [1.54, 1.807) is 38.1 Å². The molecule has 2 heterocycles. The van der Waals surface area contributed by atoms with Crippen molar-refractivity contribution in [3.05, 3.63) is 76.0 Å². The van der Waals surface area contributed by atoms with Gasteiger partial charge < -0.3 is 9.64 Å². The van der Waals surface area contributed by atoms with E-state index in [0.29, 0.717) is 17.1 Å². The molecule has 4 rings (SSSR count). The number of hydrogen-bond donors (Lipinski definition) is 0. The number of halogens is 1. The van der Waals surface area contributed by atoms with Gasteiger partial charge in [0.25, 0.3) is 5.91 Å². The summed E-state index contributed by atoms with van der Waals surface area (Å²) in [5.74, 6) is -0.698. The first-order valence-electron chi connectivity index (χ1n) is 12.7. The zero-order chi connectivity index (χ0) is 28.3. The van der Waals surface area contributed by atoms with Crippen LogP contribution in [0.4, 0.5) is 0 Å². The van der Waals surface area contributed by atoms with Crippen molar-refractivity contribution < 1.29 is 22.7 Å². The Labute approximate surface area is 237 Å². The van der Waals surface area contributed by atoms with Crippen LogP contribution in [-0.4, -0.2) is 71.8 Å². The van der Waals surface area contributed by atoms with Crippen LogP contribution in [0.15, 0.2) is 64.0 Å². The SMILES string of the molecule is Cc1nc(-c2ccccc2)nc(C(=O)N2CCN(S(=O)(=O)c3ccc(Br)cc3)C(C)C2)c1C(=O)OCC(C)C. The molecule has 0 bridgehead atoms. The topological polar surface area (TPSA) is 110 Å². The highest BCUT2D eigenvalue weighted by molar-refractivity contribution is 9.10. The molecule has 1 fully saturated rings. The Kier molecular flexibility index (Phi) is 8.83. The second-order valence-corrected chi connectivity index (χ2v) is 12.7. The number of ether oxygens (including phenoxy) is 1. The molecular weight excluding hydrogens is 584 g/mol. The number of aryl methyl sites for hydroxylation is 1. The van der Waals surface area contributed by atoms with Gasteiger partial charge in [-0.2, -0.15) is 4.31 Å². The van der Waals surface area contributed by atoms with E-state index in [-0.39, 0.29) is 48.3 Å². The lowest BCUT2D eigenvalue weighted by Crippen LogP contribution is -2.55. The maximum absolute atomic E-state index is 13.9. The van der Waals surface area contributed by atoms with Crippen LogP contribution in [0.3, 0.4) is 0 Å². The maximum atomic E-state index is 13.9. The zero-order valence-electron chi connectivity index (χ0n) is 22.3. The number of hydrogen-bond acceptors (Lipinski definition) is 7. The van der Waals surface area contributed by atoms with E-state index in [2.05, 4.69) is 25.9 Å². The largest absolute Gasteiger partial charge is 0.462 e. The summed E-state index contributed by atoms with van der Waals surface area (Å²) in [6.45, 7) is 7.83. The van der Waals surface area contributed by atoms with Crippen molar-refractivity contribution in [2.24, 2.45) is 5.92 Å². The highest BCUT2D eigenvalue weighted by Crippen LogP contribution is 2.26. The molecule has 1 aliphatic heterocycles. The van der Waals surface area contributed by atoms with Gasteiger partial charge in [0.1, 0.15) is 11.3 Å². The second kappa shape index (κ2) is 11.9. The number of aromatic nitrogens is 2. The Morgan fingerprint density at radius 3 is 2.33 bits per heavy atom. The molecule has 1 aromatic heterocycles. The van der Waals surface area contributed by atoms with Crippen molar-refractivity contribution in [1.29, 1.82) is 0 Å². The van der Waals surface area contributed by atoms with Gasteiger partial charge in [-0.05, 0) is 44.0 Å². The molecule has 1 aliphatic rings. The van der Waals surface area contributed by atoms with Crippen molar-refractivity contribution in [3.8, 4) is 11.4 Å². The highest BCUT2D eigenvalue weighted by atomic mass is 79.9. The Morgan fingerprint density at radius 2 is 1.72 bits per heavy atom. The molecule has 1 atom stereocenters. The Hall–Kier alpha value is -3.15. The van der Waals surface area contributed by atoms with Crippen LogP contribution in [0.2, 0.25) is 0 Å². The summed E-state index contributed by atoms with van der Waals surface area (Å²) in [7, 11) is -3.75. The van der Waals surface area contributed by atoms with Gasteiger partial charge in [0.05, 0.1) is 17.2 Å². The van der Waals surface area contributed by atoms with Crippen molar-refractivity contribution in [2.75, 3.05) is 26.2 Å². The van der Waals surface area contributed by atoms with Gasteiger partial charge in [0.15, 0.2) is 5.82 Å². The molecule has 9 nitrogen and oxygen atoms in total. The predicted octanol–water partition coefficient (Wildman–Crippen LogP) is 4.56. The Balaban J connectivity index is 1.65. The average molecular weight is 616 g/mol. The number of sulfonamides is 1. The quantitative estimate of drug-likeness (QED) is 0.359. The van der Waals surface area contributed by atoms with Crippen molar-refractivity contribution >= 4 is 37.8 Å².